The molecule has 0 aliphatic carbocycles. The molecule has 3 aromatic rings. The molecule has 25 heavy (non-hydrogen) atoms. The van der Waals surface area contributed by atoms with Crippen LogP contribution in [0.1, 0.15) is 33.9 Å². The molecule has 0 bridgehead atoms. The van der Waals surface area contributed by atoms with E-state index in [9.17, 15) is 4.79 Å². The van der Waals surface area contributed by atoms with Crippen molar-refractivity contribution in [3.05, 3.63) is 46.7 Å². The number of hydrogen-bond acceptors (Lipinski definition) is 5. The predicted molar refractivity (Wildman–Crippen MR) is 98.8 cm³/mol. The van der Waals surface area contributed by atoms with Crippen molar-refractivity contribution in [2.24, 2.45) is 5.73 Å². The highest BCUT2D eigenvalue weighted by Crippen LogP contribution is 2.22. The summed E-state index contributed by atoms with van der Waals surface area (Å²) >= 11 is 1.72. The first kappa shape index (κ1) is 16.2. The van der Waals surface area contributed by atoms with E-state index in [0.29, 0.717) is 18.5 Å². The van der Waals surface area contributed by atoms with Gasteiger partial charge in [-0.2, -0.15) is 5.10 Å². The Morgan fingerprint density at radius 2 is 2.28 bits per heavy atom. The second-order valence-corrected chi connectivity index (χ2v) is 7.53. The minimum Gasteiger partial charge on any atom is -0.352 e. The number of aryl methyl sites for hydroxylation is 2. The first-order chi connectivity index (χ1) is 12.2. The van der Waals surface area contributed by atoms with Crippen molar-refractivity contribution in [3.63, 3.8) is 0 Å². The number of nitrogens with zero attached hydrogens (tertiary/aromatic N) is 3. The number of hydrogen-bond donors (Lipinski definition) is 2. The smallest absolute Gasteiger partial charge is 0.254 e. The fourth-order valence-corrected chi connectivity index (χ4v) is 4.22. The number of benzene rings is 1. The predicted octanol–water partition coefficient (Wildman–Crippen LogP) is 2.13. The van der Waals surface area contributed by atoms with Gasteiger partial charge < -0.3 is 11.1 Å². The van der Waals surface area contributed by atoms with Crippen molar-refractivity contribution in [2.75, 3.05) is 6.54 Å². The fourth-order valence-electron chi connectivity index (χ4n) is 3.21. The summed E-state index contributed by atoms with van der Waals surface area (Å²) in [6.07, 6.45) is 5.04. The Morgan fingerprint density at radius 1 is 1.40 bits per heavy atom. The number of carbonyl (C=O) groups is 1. The summed E-state index contributed by atoms with van der Waals surface area (Å²) in [5.74, 6) is -0.0559. The van der Waals surface area contributed by atoms with Gasteiger partial charge in [-0.1, -0.05) is 12.1 Å². The zero-order valence-corrected chi connectivity index (χ0v) is 14.8. The van der Waals surface area contributed by atoms with Gasteiger partial charge in [0.25, 0.3) is 5.91 Å². The standard InChI is InChI=1S/C18H21N5OS/c19-12-7-9-23-15(10-12)13(11-21-23)18(24)20-8-3-6-17-22-14-4-1-2-5-16(14)25-17/h1-2,4-5,11-12H,3,6-10,19H2,(H,20,24). The van der Waals surface area contributed by atoms with E-state index < -0.39 is 0 Å². The Hall–Kier alpha value is -2.25. The molecule has 1 aliphatic rings. The zero-order chi connectivity index (χ0) is 17.2. The lowest BCUT2D eigenvalue weighted by molar-refractivity contribution is 0.0951. The average molecular weight is 355 g/mol. The van der Waals surface area contributed by atoms with Crippen molar-refractivity contribution in [2.45, 2.75) is 38.3 Å². The number of nitrogens with two attached hydrogens (primary N) is 1. The molecule has 6 nitrogen and oxygen atoms in total. The number of nitrogens with one attached hydrogen (secondary N) is 1. The van der Waals surface area contributed by atoms with Gasteiger partial charge in [0, 0.05) is 32.0 Å². The van der Waals surface area contributed by atoms with Crippen molar-refractivity contribution in [1.82, 2.24) is 20.1 Å². The van der Waals surface area contributed by atoms with Gasteiger partial charge in [0.2, 0.25) is 0 Å². The number of para-hydroxylation sites is 1. The van der Waals surface area contributed by atoms with Crippen LogP contribution in [0.25, 0.3) is 10.2 Å². The lowest BCUT2D eigenvalue weighted by atomic mass is 10.0. The van der Waals surface area contributed by atoms with Crippen molar-refractivity contribution < 1.29 is 4.79 Å². The topological polar surface area (TPSA) is 85.8 Å². The summed E-state index contributed by atoms with van der Waals surface area (Å²) < 4.78 is 3.11. The van der Waals surface area contributed by atoms with E-state index in [1.165, 1.54) is 4.70 Å². The molecule has 0 saturated heterocycles. The molecule has 0 fully saturated rings. The second kappa shape index (κ2) is 6.93. The van der Waals surface area contributed by atoms with E-state index in [1.807, 2.05) is 22.9 Å². The molecule has 0 spiro atoms. The van der Waals surface area contributed by atoms with Crippen LogP contribution in [0.3, 0.4) is 0 Å². The van der Waals surface area contributed by atoms with Crippen molar-refractivity contribution in [1.29, 1.82) is 0 Å². The van der Waals surface area contributed by atoms with Crippen molar-refractivity contribution >= 4 is 27.5 Å². The third-order valence-corrected chi connectivity index (χ3v) is 5.65. The zero-order valence-electron chi connectivity index (χ0n) is 13.9. The Bertz CT molecular complexity index is 867. The molecular formula is C18H21N5OS. The van der Waals surface area contributed by atoms with Crippen LogP contribution in [0.15, 0.2) is 30.5 Å². The lowest BCUT2D eigenvalue weighted by Crippen LogP contribution is -2.33. The number of aromatic nitrogens is 3. The molecule has 1 aromatic carbocycles. The molecule has 2 aromatic heterocycles. The lowest BCUT2D eigenvalue weighted by Gasteiger charge is -2.20. The summed E-state index contributed by atoms with van der Waals surface area (Å²) in [5.41, 5.74) is 8.69. The van der Waals surface area contributed by atoms with Gasteiger partial charge in [0.15, 0.2) is 0 Å². The van der Waals surface area contributed by atoms with Gasteiger partial charge in [-0.15, -0.1) is 11.3 Å². The van der Waals surface area contributed by atoms with Crippen molar-refractivity contribution in [3.8, 4) is 0 Å². The summed E-state index contributed by atoms with van der Waals surface area (Å²) in [4.78, 5) is 17.0. The van der Waals surface area contributed by atoms with Crippen LogP contribution in [0.2, 0.25) is 0 Å². The van der Waals surface area contributed by atoms with Gasteiger partial charge in [-0.3, -0.25) is 9.48 Å². The molecule has 1 atom stereocenters. The SMILES string of the molecule is NC1CCn2ncc(C(=O)NCCCc3nc4ccccc4s3)c2C1. The maximum absolute atomic E-state index is 12.4. The molecule has 1 unspecified atom stereocenters. The number of carbonyl (C=O) groups excluding carboxylic acids is 1. The number of thiazole rings is 1. The Morgan fingerprint density at radius 3 is 3.16 bits per heavy atom. The first-order valence-electron chi connectivity index (χ1n) is 8.63. The molecule has 3 N–H and O–H groups in total. The van der Waals surface area contributed by atoms with Gasteiger partial charge in [-0.05, 0) is 25.0 Å². The Balaban J connectivity index is 1.31. The molecule has 0 saturated carbocycles. The van der Waals surface area contributed by atoms with Crippen LogP contribution >= 0.6 is 11.3 Å². The van der Waals surface area contributed by atoms with Gasteiger partial charge in [0.1, 0.15) is 0 Å². The first-order valence-corrected chi connectivity index (χ1v) is 9.45. The molecule has 1 aliphatic heterocycles. The van der Waals surface area contributed by atoms with E-state index in [-0.39, 0.29) is 11.9 Å². The third kappa shape index (κ3) is 3.43. The van der Waals surface area contributed by atoms with Crippen LogP contribution in [0, 0.1) is 0 Å². The van der Waals surface area contributed by atoms with Gasteiger partial charge >= 0.3 is 0 Å². The normalized spacial score (nSPS) is 16.8. The summed E-state index contributed by atoms with van der Waals surface area (Å²) in [6, 6.07) is 8.28. The van der Waals surface area contributed by atoms with Crippen LogP contribution in [0.4, 0.5) is 0 Å². The minimum absolute atomic E-state index is 0.0559. The molecule has 1 amide bonds. The van der Waals surface area contributed by atoms with E-state index in [4.69, 9.17) is 5.73 Å². The van der Waals surface area contributed by atoms with Gasteiger partial charge in [0.05, 0.1) is 32.7 Å². The second-order valence-electron chi connectivity index (χ2n) is 6.42. The van der Waals surface area contributed by atoms with Crippen LogP contribution in [0.5, 0.6) is 0 Å². The molecular weight excluding hydrogens is 334 g/mol. The van der Waals surface area contributed by atoms with Crippen LogP contribution < -0.4 is 11.1 Å². The van der Waals surface area contributed by atoms with E-state index >= 15 is 0 Å². The molecule has 0 radical (unpaired) electrons. The monoisotopic (exact) mass is 355 g/mol. The van der Waals surface area contributed by atoms with E-state index in [2.05, 4.69) is 21.5 Å². The molecule has 7 heteroatoms. The van der Waals surface area contributed by atoms with E-state index in [1.54, 1.807) is 17.5 Å². The quantitative estimate of drug-likeness (QED) is 0.687. The van der Waals surface area contributed by atoms with Crippen LogP contribution in [-0.4, -0.2) is 33.3 Å². The third-order valence-electron chi connectivity index (χ3n) is 4.55. The molecule has 3 heterocycles. The number of fused-ring (bicyclic) bond motifs is 2. The van der Waals surface area contributed by atoms with E-state index in [0.717, 1.165) is 42.0 Å². The Labute approximate surface area is 150 Å². The highest BCUT2D eigenvalue weighted by Gasteiger charge is 2.23. The largest absolute Gasteiger partial charge is 0.352 e. The highest BCUT2D eigenvalue weighted by molar-refractivity contribution is 7.18. The Kier molecular flexibility index (Phi) is 4.50. The maximum Gasteiger partial charge on any atom is 0.254 e. The minimum atomic E-state index is -0.0559. The number of rotatable bonds is 5. The average Bonchev–Trinajstić information content (AvgIpc) is 3.21. The van der Waals surface area contributed by atoms with Gasteiger partial charge in [-0.25, -0.2) is 4.98 Å². The van der Waals surface area contributed by atoms with Crippen LogP contribution in [-0.2, 0) is 19.4 Å². The highest BCUT2D eigenvalue weighted by atomic mass is 32.1. The summed E-state index contributed by atoms with van der Waals surface area (Å²) in [7, 11) is 0. The summed E-state index contributed by atoms with van der Waals surface area (Å²) in [5, 5.41) is 8.42. The fraction of sp³-hybridized carbons (Fsp3) is 0.389. The maximum atomic E-state index is 12.4. The molecule has 130 valence electrons. The number of amides is 1. The molecule has 4 rings (SSSR count). The summed E-state index contributed by atoms with van der Waals surface area (Å²) in [6.45, 7) is 1.42.